The minimum Gasteiger partial charge on any atom is -0.507 e. The minimum absolute atomic E-state index is 0.0105. The summed E-state index contributed by atoms with van der Waals surface area (Å²) >= 11 is 1.28. The number of fused-ring (bicyclic) bond motifs is 1. The number of ketones is 1. The van der Waals surface area contributed by atoms with Crippen molar-refractivity contribution in [3.8, 4) is 17.2 Å². The third kappa shape index (κ3) is 4.81. The van der Waals surface area contributed by atoms with Crippen molar-refractivity contribution in [3.05, 3.63) is 82.9 Å². The number of aliphatic hydroxyl groups excluding tert-OH is 1. The molecule has 1 fully saturated rings. The Morgan fingerprint density at radius 2 is 1.74 bits per heavy atom. The zero-order valence-corrected chi connectivity index (χ0v) is 22.9. The van der Waals surface area contributed by atoms with Crippen LogP contribution >= 0.6 is 11.3 Å². The van der Waals surface area contributed by atoms with E-state index in [2.05, 4.69) is 4.98 Å². The van der Waals surface area contributed by atoms with E-state index in [0.717, 1.165) is 16.7 Å². The molecule has 0 spiro atoms. The lowest BCUT2D eigenvalue weighted by Crippen LogP contribution is -2.29. The third-order valence-electron chi connectivity index (χ3n) is 6.57. The summed E-state index contributed by atoms with van der Waals surface area (Å²) in [5, 5.41) is 11.8. The van der Waals surface area contributed by atoms with Gasteiger partial charge in [0.05, 0.1) is 42.7 Å². The number of aliphatic hydroxyl groups is 1. The van der Waals surface area contributed by atoms with E-state index in [1.807, 2.05) is 19.9 Å². The van der Waals surface area contributed by atoms with E-state index >= 15 is 0 Å². The number of carbonyl (C=O) groups excluding carboxylic acids is 2. The van der Waals surface area contributed by atoms with Crippen molar-refractivity contribution < 1.29 is 28.9 Å². The Morgan fingerprint density at radius 1 is 1.00 bits per heavy atom. The fourth-order valence-electron chi connectivity index (χ4n) is 4.62. The highest BCUT2D eigenvalue weighted by Crippen LogP contribution is 2.45. The molecular weight excluding hydrogens is 516 g/mol. The molecular formula is C30H28N2O6S. The predicted molar refractivity (Wildman–Crippen MR) is 151 cm³/mol. The van der Waals surface area contributed by atoms with Gasteiger partial charge in [-0.25, -0.2) is 4.98 Å². The molecule has 2 heterocycles. The second kappa shape index (κ2) is 10.8. The molecule has 0 saturated carbocycles. The highest BCUT2D eigenvalue weighted by Gasteiger charge is 2.48. The highest BCUT2D eigenvalue weighted by molar-refractivity contribution is 7.22. The number of nitrogens with zero attached hydrogens (tertiary/aromatic N) is 2. The number of anilines is 1. The lowest BCUT2D eigenvalue weighted by atomic mass is 9.95. The van der Waals surface area contributed by atoms with Gasteiger partial charge >= 0.3 is 5.91 Å². The van der Waals surface area contributed by atoms with E-state index in [0.29, 0.717) is 45.6 Å². The first-order chi connectivity index (χ1) is 18.9. The van der Waals surface area contributed by atoms with Gasteiger partial charge in [0.1, 0.15) is 23.0 Å². The predicted octanol–water partition coefficient (Wildman–Crippen LogP) is 6.04. The quantitative estimate of drug-likeness (QED) is 0.164. The van der Waals surface area contributed by atoms with Crippen LogP contribution in [0.15, 0.2) is 66.2 Å². The molecule has 1 aromatic heterocycles. The molecule has 1 aliphatic heterocycles. The molecule has 200 valence electrons. The monoisotopic (exact) mass is 544 g/mol. The summed E-state index contributed by atoms with van der Waals surface area (Å²) in [6.07, 6.45) is 0.867. The van der Waals surface area contributed by atoms with Gasteiger partial charge in [0.25, 0.3) is 5.78 Å². The number of methoxy groups -OCH3 is 2. The molecule has 1 atom stereocenters. The maximum Gasteiger partial charge on any atom is 0.301 e. The van der Waals surface area contributed by atoms with E-state index in [1.165, 1.54) is 16.2 Å². The van der Waals surface area contributed by atoms with E-state index < -0.39 is 17.7 Å². The number of benzene rings is 3. The summed E-state index contributed by atoms with van der Waals surface area (Å²) < 4.78 is 17.2. The zero-order valence-electron chi connectivity index (χ0n) is 22.1. The molecule has 1 N–H and O–H groups in total. The molecule has 0 bridgehead atoms. The van der Waals surface area contributed by atoms with Crippen molar-refractivity contribution in [1.82, 2.24) is 4.98 Å². The number of ether oxygens (including phenoxy) is 3. The van der Waals surface area contributed by atoms with E-state index in [-0.39, 0.29) is 11.3 Å². The zero-order chi connectivity index (χ0) is 27.7. The van der Waals surface area contributed by atoms with Crippen molar-refractivity contribution in [2.75, 3.05) is 25.7 Å². The normalized spacial score (nSPS) is 16.6. The summed E-state index contributed by atoms with van der Waals surface area (Å²) in [5.74, 6) is 0.180. The lowest BCUT2D eigenvalue weighted by Gasteiger charge is -2.23. The Labute approximate surface area is 230 Å². The Morgan fingerprint density at radius 3 is 2.41 bits per heavy atom. The largest absolute Gasteiger partial charge is 0.507 e. The number of thiazole rings is 1. The summed E-state index contributed by atoms with van der Waals surface area (Å²) in [6, 6.07) is 16.8. The average molecular weight is 545 g/mol. The van der Waals surface area contributed by atoms with Crippen molar-refractivity contribution in [3.63, 3.8) is 0 Å². The van der Waals surface area contributed by atoms with Crippen molar-refractivity contribution in [1.29, 1.82) is 0 Å². The fraction of sp³-hybridized carbons (Fsp3) is 0.233. The second-order valence-electron chi connectivity index (χ2n) is 9.10. The number of amides is 1. The molecule has 1 amide bonds. The minimum atomic E-state index is -0.893. The van der Waals surface area contributed by atoms with Crippen LogP contribution in [0.2, 0.25) is 0 Å². The topological polar surface area (TPSA) is 98.2 Å². The van der Waals surface area contributed by atoms with Crippen LogP contribution in [-0.2, 0) is 9.59 Å². The molecule has 9 heteroatoms. The highest BCUT2D eigenvalue weighted by atomic mass is 32.1. The maximum absolute atomic E-state index is 13.5. The van der Waals surface area contributed by atoms with Gasteiger partial charge in [0, 0.05) is 5.56 Å². The number of hydrogen-bond acceptors (Lipinski definition) is 8. The molecule has 4 aromatic rings. The van der Waals surface area contributed by atoms with Crippen LogP contribution in [0.4, 0.5) is 5.13 Å². The first-order valence-electron chi connectivity index (χ1n) is 12.5. The molecule has 0 unspecified atom stereocenters. The van der Waals surface area contributed by atoms with Gasteiger partial charge in [0.15, 0.2) is 5.13 Å². The standard InChI is InChI=1S/C30H28N2O6S/c1-5-14-38-20-9-6-18(7-10-20)26-25(27(33)19-8-13-23(37-4)17(2)15-19)28(34)29(35)32(26)30-31-22-12-11-21(36-3)16-24(22)39-30/h6-13,15-16,26,33H,5,14H2,1-4H3/t26-/m0/s1. The van der Waals surface area contributed by atoms with Gasteiger partial charge in [0.2, 0.25) is 0 Å². The summed E-state index contributed by atoms with van der Waals surface area (Å²) in [4.78, 5) is 33.1. The fourth-order valence-corrected chi connectivity index (χ4v) is 5.64. The van der Waals surface area contributed by atoms with Crippen LogP contribution in [0.3, 0.4) is 0 Å². The van der Waals surface area contributed by atoms with Gasteiger partial charge in [-0.15, -0.1) is 0 Å². The van der Waals surface area contributed by atoms with Gasteiger partial charge in [-0.2, -0.15) is 0 Å². The Balaban J connectivity index is 1.67. The SMILES string of the molecule is CCCOc1ccc([C@H]2C(=C(O)c3ccc(OC)c(C)c3)C(=O)C(=O)N2c2nc3ccc(OC)cc3s2)cc1. The van der Waals surface area contributed by atoms with Gasteiger partial charge < -0.3 is 19.3 Å². The summed E-state index contributed by atoms with van der Waals surface area (Å²) in [7, 11) is 3.14. The van der Waals surface area contributed by atoms with Crippen molar-refractivity contribution in [2.24, 2.45) is 0 Å². The molecule has 1 saturated heterocycles. The molecule has 8 nitrogen and oxygen atoms in total. The first-order valence-corrected chi connectivity index (χ1v) is 13.3. The van der Waals surface area contributed by atoms with Gasteiger partial charge in [-0.1, -0.05) is 30.4 Å². The van der Waals surface area contributed by atoms with Crippen molar-refractivity contribution in [2.45, 2.75) is 26.3 Å². The maximum atomic E-state index is 13.5. The van der Waals surface area contributed by atoms with E-state index in [4.69, 9.17) is 14.2 Å². The third-order valence-corrected chi connectivity index (χ3v) is 7.59. The molecule has 39 heavy (non-hydrogen) atoms. The smallest absolute Gasteiger partial charge is 0.301 e. The van der Waals surface area contributed by atoms with Crippen LogP contribution in [-0.4, -0.2) is 42.6 Å². The van der Waals surface area contributed by atoms with Crippen molar-refractivity contribution >= 4 is 44.1 Å². The molecule has 5 rings (SSSR count). The molecule has 0 radical (unpaired) electrons. The van der Waals surface area contributed by atoms with Gasteiger partial charge in [-0.3, -0.25) is 14.5 Å². The number of carbonyl (C=O) groups is 2. The van der Waals surface area contributed by atoms with Crippen LogP contribution in [0.25, 0.3) is 16.0 Å². The number of Topliss-reactive ketones (excluding diaryl/α,β-unsaturated/α-hetero) is 1. The number of hydrogen-bond donors (Lipinski definition) is 1. The Bertz CT molecular complexity index is 1590. The lowest BCUT2D eigenvalue weighted by molar-refractivity contribution is -0.132. The summed E-state index contributed by atoms with van der Waals surface area (Å²) in [5.41, 5.74) is 2.49. The first kappa shape index (κ1) is 26.2. The van der Waals surface area contributed by atoms with Crippen LogP contribution in [0.5, 0.6) is 17.2 Å². The molecule has 3 aromatic carbocycles. The average Bonchev–Trinajstić information content (AvgIpc) is 3.49. The van der Waals surface area contributed by atoms with Crippen LogP contribution in [0.1, 0.15) is 36.1 Å². The van der Waals surface area contributed by atoms with Crippen LogP contribution in [0, 0.1) is 6.92 Å². The Hall–Kier alpha value is -4.37. The Kier molecular flexibility index (Phi) is 7.26. The number of aryl methyl sites for hydroxylation is 1. The second-order valence-corrected chi connectivity index (χ2v) is 10.1. The molecule has 1 aliphatic rings. The number of aromatic nitrogens is 1. The van der Waals surface area contributed by atoms with E-state index in [1.54, 1.807) is 68.8 Å². The summed E-state index contributed by atoms with van der Waals surface area (Å²) in [6.45, 7) is 4.44. The van der Waals surface area contributed by atoms with Gasteiger partial charge in [-0.05, 0) is 73.0 Å². The van der Waals surface area contributed by atoms with E-state index in [9.17, 15) is 14.7 Å². The number of rotatable bonds is 8. The van der Waals surface area contributed by atoms with Crippen LogP contribution < -0.4 is 19.1 Å². The molecule has 0 aliphatic carbocycles.